The summed E-state index contributed by atoms with van der Waals surface area (Å²) in [5.41, 5.74) is 6.18. The summed E-state index contributed by atoms with van der Waals surface area (Å²) >= 11 is 0. The minimum absolute atomic E-state index is 0.0728. The Bertz CT molecular complexity index is 673. The standard InChI is InChI=1S/C16H25N3O3S/c1-12-6-7-14(11-15(12)16(17)20)23(21,22)18-8-10-19-9-4-3-5-13(19)2/h6-7,11,13,18H,3-5,8-10H2,1-2H3,(H2,17,20). The zero-order valence-corrected chi connectivity index (χ0v) is 14.5. The molecule has 1 aliphatic heterocycles. The number of benzene rings is 1. The van der Waals surface area contributed by atoms with Gasteiger partial charge in [-0.3, -0.25) is 9.69 Å². The van der Waals surface area contributed by atoms with Crippen molar-refractivity contribution in [3.63, 3.8) is 0 Å². The molecule has 0 aliphatic carbocycles. The monoisotopic (exact) mass is 339 g/mol. The molecule has 1 aromatic carbocycles. The van der Waals surface area contributed by atoms with E-state index in [0.29, 0.717) is 24.7 Å². The molecule has 1 aliphatic rings. The second kappa shape index (κ2) is 7.42. The number of nitrogens with two attached hydrogens (primary N) is 1. The minimum atomic E-state index is -3.64. The molecule has 0 saturated carbocycles. The number of nitrogens with zero attached hydrogens (tertiary/aromatic N) is 1. The van der Waals surface area contributed by atoms with E-state index >= 15 is 0 Å². The molecule has 0 radical (unpaired) electrons. The van der Waals surface area contributed by atoms with Crippen LogP contribution in [0.4, 0.5) is 0 Å². The number of carbonyl (C=O) groups is 1. The molecule has 2 rings (SSSR count). The van der Waals surface area contributed by atoms with Gasteiger partial charge < -0.3 is 5.73 Å². The van der Waals surface area contributed by atoms with Gasteiger partial charge in [0.1, 0.15) is 0 Å². The summed E-state index contributed by atoms with van der Waals surface area (Å²) in [5, 5.41) is 0. The maximum atomic E-state index is 12.4. The highest BCUT2D eigenvalue weighted by atomic mass is 32.2. The van der Waals surface area contributed by atoms with Gasteiger partial charge in [0.2, 0.25) is 15.9 Å². The van der Waals surface area contributed by atoms with Gasteiger partial charge in [-0.25, -0.2) is 13.1 Å². The highest BCUT2D eigenvalue weighted by Gasteiger charge is 2.20. The number of amides is 1. The van der Waals surface area contributed by atoms with E-state index in [2.05, 4.69) is 16.5 Å². The first-order chi connectivity index (χ1) is 10.8. The fourth-order valence-corrected chi connectivity index (χ4v) is 3.98. The molecule has 1 aromatic rings. The molecule has 0 spiro atoms. The van der Waals surface area contributed by atoms with Gasteiger partial charge in [-0.05, 0) is 50.9 Å². The average Bonchev–Trinajstić information content (AvgIpc) is 2.49. The van der Waals surface area contributed by atoms with E-state index in [9.17, 15) is 13.2 Å². The summed E-state index contributed by atoms with van der Waals surface area (Å²) in [5.74, 6) is -0.623. The molecule has 7 heteroatoms. The van der Waals surface area contributed by atoms with E-state index < -0.39 is 15.9 Å². The third kappa shape index (κ3) is 4.53. The quantitative estimate of drug-likeness (QED) is 0.816. The van der Waals surface area contributed by atoms with Crippen molar-refractivity contribution < 1.29 is 13.2 Å². The number of hydrogen-bond acceptors (Lipinski definition) is 4. The highest BCUT2D eigenvalue weighted by Crippen LogP contribution is 2.17. The Hall–Kier alpha value is -1.44. The lowest BCUT2D eigenvalue weighted by Crippen LogP contribution is -2.42. The Labute approximate surface area is 138 Å². The van der Waals surface area contributed by atoms with Crippen LogP contribution in [0.15, 0.2) is 23.1 Å². The molecule has 0 bridgehead atoms. The maximum absolute atomic E-state index is 12.4. The molecule has 1 saturated heterocycles. The van der Waals surface area contributed by atoms with Crippen molar-refractivity contribution in [1.29, 1.82) is 0 Å². The van der Waals surface area contributed by atoms with Gasteiger partial charge in [-0.2, -0.15) is 0 Å². The molecule has 1 unspecified atom stereocenters. The van der Waals surface area contributed by atoms with Crippen molar-refractivity contribution in [3.8, 4) is 0 Å². The number of nitrogens with one attached hydrogen (secondary N) is 1. The summed E-state index contributed by atoms with van der Waals surface area (Å²) in [7, 11) is -3.64. The smallest absolute Gasteiger partial charge is 0.249 e. The lowest BCUT2D eigenvalue weighted by atomic mass is 10.0. The van der Waals surface area contributed by atoms with Gasteiger partial charge in [0.25, 0.3) is 0 Å². The summed E-state index contributed by atoms with van der Waals surface area (Å²) in [4.78, 5) is 13.7. The third-order valence-electron chi connectivity index (χ3n) is 4.42. The van der Waals surface area contributed by atoms with Crippen molar-refractivity contribution in [2.75, 3.05) is 19.6 Å². The second-order valence-electron chi connectivity index (χ2n) is 6.12. The van der Waals surface area contributed by atoms with Crippen molar-refractivity contribution in [1.82, 2.24) is 9.62 Å². The number of piperidine rings is 1. The summed E-state index contributed by atoms with van der Waals surface area (Å²) in [6.07, 6.45) is 3.56. The molecule has 23 heavy (non-hydrogen) atoms. The molecule has 1 atom stereocenters. The predicted octanol–water partition coefficient (Wildman–Crippen LogP) is 1.25. The number of sulfonamides is 1. The molecule has 3 N–H and O–H groups in total. The second-order valence-corrected chi connectivity index (χ2v) is 7.89. The highest BCUT2D eigenvalue weighted by molar-refractivity contribution is 7.89. The van der Waals surface area contributed by atoms with E-state index in [4.69, 9.17) is 5.73 Å². The predicted molar refractivity (Wildman–Crippen MR) is 89.8 cm³/mol. The van der Waals surface area contributed by atoms with Crippen LogP contribution in [-0.2, 0) is 10.0 Å². The van der Waals surface area contributed by atoms with E-state index in [1.165, 1.54) is 18.6 Å². The summed E-state index contributed by atoms with van der Waals surface area (Å²) in [6, 6.07) is 4.92. The van der Waals surface area contributed by atoms with Crippen LogP contribution in [0.5, 0.6) is 0 Å². The van der Waals surface area contributed by atoms with Crippen LogP contribution in [0.2, 0.25) is 0 Å². The molecule has 0 aromatic heterocycles. The fourth-order valence-electron chi connectivity index (χ4n) is 2.93. The van der Waals surface area contributed by atoms with Gasteiger partial charge >= 0.3 is 0 Å². The molecule has 1 fully saturated rings. The number of hydrogen-bond donors (Lipinski definition) is 2. The van der Waals surface area contributed by atoms with Crippen molar-refractivity contribution in [2.24, 2.45) is 5.73 Å². The Kier molecular flexibility index (Phi) is 5.78. The van der Waals surface area contributed by atoms with Crippen LogP contribution in [-0.4, -0.2) is 44.9 Å². The topological polar surface area (TPSA) is 92.5 Å². The van der Waals surface area contributed by atoms with Crippen LogP contribution in [0.3, 0.4) is 0 Å². The van der Waals surface area contributed by atoms with Gasteiger partial charge in [0.05, 0.1) is 4.90 Å². The number of aryl methyl sites for hydroxylation is 1. The van der Waals surface area contributed by atoms with Crippen LogP contribution < -0.4 is 10.5 Å². The Morgan fingerprint density at radius 1 is 1.39 bits per heavy atom. The molecule has 1 amide bonds. The van der Waals surface area contributed by atoms with Crippen molar-refractivity contribution in [3.05, 3.63) is 29.3 Å². The molecular weight excluding hydrogens is 314 g/mol. The van der Waals surface area contributed by atoms with Gasteiger partial charge in [-0.1, -0.05) is 12.5 Å². The van der Waals surface area contributed by atoms with Gasteiger partial charge in [0, 0.05) is 24.7 Å². The lowest BCUT2D eigenvalue weighted by Gasteiger charge is -2.33. The van der Waals surface area contributed by atoms with E-state index in [0.717, 1.165) is 19.4 Å². The Morgan fingerprint density at radius 2 is 2.13 bits per heavy atom. The van der Waals surface area contributed by atoms with Crippen LogP contribution in [0.1, 0.15) is 42.1 Å². The third-order valence-corrected chi connectivity index (χ3v) is 5.88. The van der Waals surface area contributed by atoms with Crippen LogP contribution in [0, 0.1) is 6.92 Å². The van der Waals surface area contributed by atoms with Gasteiger partial charge in [-0.15, -0.1) is 0 Å². The molecule has 128 valence electrons. The SMILES string of the molecule is Cc1ccc(S(=O)(=O)NCCN2CCCCC2C)cc1C(N)=O. The van der Waals surface area contributed by atoms with Crippen LogP contribution >= 0.6 is 0 Å². The zero-order chi connectivity index (χ0) is 17.0. The minimum Gasteiger partial charge on any atom is -0.366 e. The Morgan fingerprint density at radius 3 is 2.78 bits per heavy atom. The first-order valence-electron chi connectivity index (χ1n) is 7.95. The molecule has 1 heterocycles. The maximum Gasteiger partial charge on any atom is 0.249 e. The number of carbonyl (C=O) groups excluding carboxylic acids is 1. The van der Waals surface area contributed by atoms with E-state index in [1.54, 1.807) is 13.0 Å². The van der Waals surface area contributed by atoms with E-state index in [-0.39, 0.29) is 10.5 Å². The number of likely N-dealkylation sites (tertiary alicyclic amines) is 1. The summed E-state index contributed by atoms with van der Waals surface area (Å²) < 4.78 is 27.3. The number of rotatable bonds is 6. The lowest BCUT2D eigenvalue weighted by molar-refractivity contribution is 0.0999. The summed E-state index contributed by atoms with van der Waals surface area (Å²) in [6.45, 7) is 5.95. The fraction of sp³-hybridized carbons (Fsp3) is 0.562. The molecular formula is C16H25N3O3S. The number of primary amides is 1. The normalized spacial score (nSPS) is 19.7. The van der Waals surface area contributed by atoms with Gasteiger partial charge in [0.15, 0.2) is 0 Å². The molecule has 6 nitrogen and oxygen atoms in total. The van der Waals surface area contributed by atoms with Crippen molar-refractivity contribution >= 4 is 15.9 Å². The largest absolute Gasteiger partial charge is 0.366 e. The first-order valence-corrected chi connectivity index (χ1v) is 9.44. The Balaban J connectivity index is 2.01. The van der Waals surface area contributed by atoms with Crippen molar-refractivity contribution in [2.45, 2.75) is 44.0 Å². The zero-order valence-electron chi connectivity index (χ0n) is 13.7. The first kappa shape index (κ1) is 17.9. The average molecular weight is 339 g/mol. The van der Waals surface area contributed by atoms with E-state index in [1.807, 2.05) is 0 Å². The van der Waals surface area contributed by atoms with Crippen LogP contribution in [0.25, 0.3) is 0 Å².